The average molecular weight is 523 g/mol. The van der Waals surface area contributed by atoms with E-state index < -0.39 is 96.8 Å². The minimum atomic E-state index is -2.49. The summed E-state index contributed by atoms with van der Waals surface area (Å²) in [6.45, 7) is -0.554. The molecule has 16 heteroatoms. The van der Waals surface area contributed by atoms with Gasteiger partial charge in [0.05, 0.1) is 48.8 Å². The molecule has 0 radical (unpaired) electrons. The summed E-state index contributed by atoms with van der Waals surface area (Å²) in [5, 5.41) is 83.8. The molecule has 34 heavy (non-hydrogen) atoms. The Morgan fingerprint density at radius 1 is 1.24 bits per heavy atom. The number of carboxylic acid groups (broad SMARTS) is 1. The zero-order valence-corrected chi connectivity index (χ0v) is 21.7. The number of carboxylic acids is 1. The number of methoxy groups -OCH3 is 1. The molecule has 0 aromatic heterocycles. The molecule has 0 aromatic carbocycles. The second kappa shape index (κ2) is 13.4. The molecular formula is C18H30NNaO13S. The van der Waals surface area contributed by atoms with Crippen molar-refractivity contribution in [1.29, 1.82) is 0 Å². The molecule has 2 aliphatic heterocycles. The fourth-order valence-electron chi connectivity index (χ4n) is 3.85. The number of ether oxygens (including phenoxy) is 3. The van der Waals surface area contributed by atoms with E-state index in [2.05, 4.69) is 5.32 Å². The topological polar surface area (TPSA) is 239 Å². The Morgan fingerprint density at radius 2 is 1.85 bits per heavy atom. The second-order valence-corrected chi connectivity index (χ2v) is 9.33. The number of rotatable bonds is 9. The van der Waals surface area contributed by atoms with Crippen molar-refractivity contribution in [2.75, 3.05) is 20.3 Å². The number of amides is 1. The van der Waals surface area contributed by atoms with Crippen LogP contribution in [0.25, 0.3) is 0 Å². The second-order valence-electron chi connectivity index (χ2n) is 7.89. The van der Waals surface area contributed by atoms with E-state index >= 15 is 0 Å². The molecular weight excluding hydrogens is 493 g/mol. The molecule has 0 bridgehead atoms. The summed E-state index contributed by atoms with van der Waals surface area (Å²) in [6, 6.07) is -1.38. The van der Waals surface area contributed by atoms with Crippen molar-refractivity contribution in [3.63, 3.8) is 0 Å². The molecule has 1 amide bonds. The minimum absolute atomic E-state index is 0. The zero-order valence-electron chi connectivity index (χ0n) is 18.9. The van der Waals surface area contributed by atoms with Crippen LogP contribution in [0.5, 0.6) is 0 Å². The molecule has 0 aliphatic carbocycles. The maximum absolute atomic E-state index is 12.2. The van der Waals surface area contributed by atoms with Crippen LogP contribution >= 0.6 is 11.8 Å². The van der Waals surface area contributed by atoms with Crippen LogP contribution in [0, 0.1) is 0 Å². The van der Waals surface area contributed by atoms with E-state index in [4.69, 9.17) is 14.2 Å². The molecule has 9 unspecified atom stereocenters. The van der Waals surface area contributed by atoms with Crippen LogP contribution in [-0.4, -0.2) is 133 Å². The summed E-state index contributed by atoms with van der Waals surface area (Å²) in [5.41, 5.74) is 0. The smallest absolute Gasteiger partial charge is 0.546 e. The number of aliphatic hydroxyl groups is 7. The summed E-state index contributed by atoms with van der Waals surface area (Å²) in [5.74, 6) is -2.55. The van der Waals surface area contributed by atoms with Gasteiger partial charge in [0.25, 0.3) is 0 Å². The van der Waals surface area contributed by atoms with Gasteiger partial charge in [0.1, 0.15) is 24.4 Å². The molecule has 2 saturated heterocycles. The number of carbonyl (C=O) groups excluding carboxylic acids is 2. The van der Waals surface area contributed by atoms with Crippen molar-refractivity contribution in [2.24, 2.45) is 0 Å². The summed E-state index contributed by atoms with van der Waals surface area (Å²) >= 11 is 0.356. The summed E-state index contributed by atoms with van der Waals surface area (Å²) in [7, 11) is 1.19. The van der Waals surface area contributed by atoms with Gasteiger partial charge >= 0.3 is 29.6 Å². The first-order valence-corrected chi connectivity index (χ1v) is 10.9. The van der Waals surface area contributed by atoms with Crippen LogP contribution in [0.4, 0.5) is 0 Å². The van der Waals surface area contributed by atoms with Gasteiger partial charge in [-0.1, -0.05) is 0 Å². The number of hydrogen-bond donors (Lipinski definition) is 8. The molecule has 8 N–H and O–H groups in total. The third-order valence-corrected chi connectivity index (χ3v) is 7.22. The van der Waals surface area contributed by atoms with E-state index in [1.807, 2.05) is 0 Å². The molecule has 0 spiro atoms. The number of aliphatic hydroxyl groups excluding tert-OH is 7. The third kappa shape index (κ3) is 6.80. The van der Waals surface area contributed by atoms with Gasteiger partial charge < -0.3 is 65.2 Å². The largest absolute Gasteiger partial charge is 1.00 e. The molecule has 2 heterocycles. The van der Waals surface area contributed by atoms with Crippen LogP contribution in [-0.2, 0) is 23.8 Å². The van der Waals surface area contributed by atoms with E-state index in [1.54, 1.807) is 0 Å². The molecule has 0 saturated carbocycles. The average Bonchev–Trinajstić information content (AvgIpc) is 2.77. The molecule has 0 aromatic rings. The fourth-order valence-corrected chi connectivity index (χ4v) is 5.42. The van der Waals surface area contributed by atoms with Crippen molar-refractivity contribution in [1.82, 2.24) is 5.32 Å². The van der Waals surface area contributed by atoms with Crippen molar-refractivity contribution < 1.29 is 94.2 Å². The van der Waals surface area contributed by atoms with Crippen LogP contribution in [0.1, 0.15) is 13.3 Å². The Bertz CT molecular complexity index is 690. The van der Waals surface area contributed by atoms with E-state index in [0.29, 0.717) is 11.8 Å². The van der Waals surface area contributed by atoms with E-state index in [0.717, 1.165) is 6.92 Å². The first-order valence-electron chi connectivity index (χ1n) is 10.1. The zero-order chi connectivity index (χ0) is 25.1. The molecule has 2 aliphatic rings. The normalized spacial score (nSPS) is 40.0. The number of thioether (sulfide) groups is 1. The molecule has 11 atom stereocenters. The summed E-state index contributed by atoms with van der Waals surface area (Å²) in [4.78, 5) is 21.3. The SMILES string of the molecule is COC1OC(CO)C(SC2(C(=O)[O-])CC(O)C(NC(C)=O)C([C@H](O)[C@H](O)CO)O2)C(O)C1O.[Na+]. The van der Waals surface area contributed by atoms with Crippen molar-refractivity contribution in [3.05, 3.63) is 0 Å². The van der Waals surface area contributed by atoms with Crippen LogP contribution in [0.15, 0.2) is 0 Å². The Morgan fingerprint density at radius 3 is 2.32 bits per heavy atom. The Balaban J connectivity index is 0.00000578. The first kappa shape index (κ1) is 31.9. The van der Waals surface area contributed by atoms with E-state index in [-0.39, 0.29) is 29.6 Å². The summed E-state index contributed by atoms with van der Waals surface area (Å²) in [6.07, 6.45) is -13.7. The molecule has 192 valence electrons. The Hall–Kier alpha value is -0.110. The van der Waals surface area contributed by atoms with Gasteiger partial charge in [-0.2, -0.15) is 0 Å². The van der Waals surface area contributed by atoms with Gasteiger partial charge in [-0.15, -0.1) is 11.8 Å². The van der Waals surface area contributed by atoms with Gasteiger partial charge in [-0.05, 0) is 0 Å². The van der Waals surface area contributed by atoms with Crippen LogP contribution in [0.2, 0.25) is 0 Å². The van der Waals surface area contributed by atoms with Gasteiger partial charge in [-0.25, -0.2) is 0 Å². The molecule has 14 nitrogen and oxygen atoms in total. The standard InChI is InChI=1S/C18H31NO13S.Na/c1-6(22)19-10-7(23)3-18(17(28)29,32-14(10)11(25)8(24)4-20)33-15-9(5-21)31-16(30-2)13(27)12(15)26;/h7-16,20-21,23-27H,3-5H2,1-2H3,(H,19,22)(H,28,29);/q;+1/p-1/t7?,8-,9?,10?,11-,12?,13?,14?,15?,16?,18?;/m1./s1. The number of aliphatic carboxylic acids is 1. The quantitative estimate of drug-likeness (QED) is 0.131. The van der Waals surface area contributed by atoms with Crippen molar-refractivity contribution in [2.45, 2.75) is 78.6 Å². The first-order chi connectivity index (χ1) is 15.4. The van der Waals surface area contributed by atoms with Gasteiger partial charge in [-0.3, -0.25) is 4.79 Å². The van der Waals surface area contributed by atoms with Crippen LogP contribution < -0.4 is 40.0 Å². The predicted molar refractivity (Wildman–Crippen MR) is 106 cm³/mol. The monoisotopic (exact) mass is 523 g/mol. The van der Waals surface area contributed by atoms with Crippen LogP contribution in [0.3, 0.4) is 0 Å². The van der Waals surface area contributed by atoms with E-state index in [9.17, 15) is 50.4 Å². The maximum Gasteiger partial charge on any atom is 1.00 e. The third-order valence-electron chi connectivity index (χ3n) is 5.55. The number of hydrogen-bond acceptors (Lipinski definition) is 14. The van der Waals surface area contributed by atoms with Crippen molar-refractivity contribution >= 4 is 23.6 Å². The molecule has 2 fully saturated rings. The van der Waals surface area contributed by atoms with Gasteiger partial charge in [0.2, 0.25) is 5.91 Å². The Labute approximate surface area is 221 Å². The minimum Gasteiger partial charge on any atom is -0.546 e. The Kier molecular flexibility index (Phi) is 12.6. The summed E-state index contributed by atoms with van der Waals surface area (Å²) < 4.78 is 15.8. The van der Waals surface area contributed by atoms with Gasteiger partial charge in [0, 0.05) is 20.5 Å². The maximum atomic E-state index is 12.2. The number of nitrogens with one attached hydrogen (secondary N) is 1. The predicted octanol–water partition coefficient (Wildman–Crippen LogP) is -9.01. The molecule has 2 rings (SSSR count). The van der Waals surface area contributed by atoms with Crippen molar-refractivity contribution in [3.8, 4) is 0 Å². The number of carbonyl (C=O) groups is 2. The van der Waals surface area contributed by atoms with E-state index in [1.165, 1.54) is 7.11 Å². The fraction of sp³-hybridized carbons (Fsp3) is 0.889. The van der Waals surface area contributed by atoms with Gasteiger partial charge in [0.15, 0.2) is 11.2 Å².